The van der Waals surface area contributed by atoms with E-state index in [1.807, 2.05) is 0 Å². The van der Waals surface area contributed by atoms with E-state index in [1.54, 1.807) is 0 Å². The molecule has 4 aromatic rings. The molecule has 0 saturated heterocycles. The molecule has 1 aliphatic heterocycles. The minimum Gasteiger partial charge on any atom is -0.450 e. The molecule has 0 unspecified atom stereocenters. The van der Waals surface area contributed by atoms with Crippen molar-refractivity contribution in [1.82, 2.24) is 0 Å². The lowest BCUT2D eigenvalue weighted by Crippen LogP contribution is -2.45. The minimum atomic E-state index is -1.73. The average Bonchev–Trinajstić information content (AvgIpc) is 2.69. The van der Waals surface area contributed by atoms with E-state index in [2.05, 4.69) is 108 Å². The summed E-state index contributed by atoms with van der Waals surface area (Å²) >= 11 is 0. The molecule has 0 spiro atoms. The zero-order chi connectivity index (χ0) is 23.9. The fraction of sp³-hybridized carbons (Fsp3) is 0.367. The predicted molar refractivity (Wildman–Crippen MR) is 144 cm³/mol. The molecule has 33 heavy (non-hydrogen) atoms. The predicted octanol–water partition coefficient (Wildman–Crippen LogP) is 7.34. The lowest BCUT2D eigenvalue weighted by atomic mass is 9.85. The molecule has 3 aromatic carbocycles. The van der Waals surface area contributed by atoms with Crippen molar-refractivity contribution in [3.8, 4) is 22.8 Å². The summed E-state index contributed by atoms with van der Waals surface area (Å²) in [5.41, 5.74) is 8.11. The Bertz CT molecular complexity index is 1450. The molecular weight excluding hydrogens is 418 g/mol. The Hall–Kier alpha value is -2.65. The maximum atomic E-state index is 6.96. The fourth-order valence-electron chi connectivity index (χ4n) is 5.62. The first kappa shape index (κ1) is 22.2. The van der Waals surface area contributed by atoms with Crippen LogP contribution in [-0.2, 0) is 13.5 Å². The van der Waals surface area contributed by atoms with Gasteiger partial charge in [-0.25, -0.2) is 0 Å². The second kappa shape index (κ2) is 7.17. The molecule has 0 atom stereocenters. The number of benzene rings is 3. The maximum Gasteiger partial charge on any atom is 0.256 e. The molecule has 1 aromatic heterocycles. The highest BCUT2D eigenvalue weighted by Crippen LogP contribution is 2.48. The zero-order valence-corrected chi connectivity index (χ0v) is 22.6. The van der Waals surface area contributed by atoms with Crippen LogP contribution in [0.5, 0.6) is 11.5 Å². The third-order valence-electron chi connectivity index (χ3n) is 7.03. The number of hydrogen-bond donors (Lipinski definition) is 0. The van der Waals surface area contributed by atoms with Crippen molar-refractivity contribution in [2.45, 2.75) is 60.7 Å². The van der Waals surface area contributed by atoms with Gasteiger partial charge in [0.1, 0.15) is 12.8 Å². The molecule has 0 N–H and O–H groups in total. The number of para-hydroxylation sites is 1. The Balaban J connectivity index is 1.97. The molecule has 0 fully saturated rings. The van der Waals surface area contributed by atoms with Crippen molar-refractivity contribution >= 4 is 34.9 Å². The van der Waals surface area contributed by atoms with Gasteiger partial charge in [-0.15, -0.1) is 0 Å². The van der Waals surface area contributed by atoms with Crippen LogP contribution in [-0.4, -0.2) is 8.07 Å². The van der Waals surface area contributed by atoms with Crippen molar-refractivity contribution in [1.29, 1.82) is 0 Å². The van der Waals surface area contributed by atoms with Gasteiger partial charge in [0.15, 0.2) is 5.75 Å². The molecule has 0 aliphatic carbocycles. The number of aryl methyl sites for hydroxylation is 2. The lowest BCUT2D eigenvalue weighted by molar-refractivity contribution is -0.633. The number of aromatic nitrogens is 1. The Morgan fingerprint density at radius 1 is 0.970 bits per heavy atom. The number of pyridine rings is 1. The van der Waals surface area contributed by atoms with Gasteiger partial charge in [0, 0.05) is 22.0 Å². The van der Waals surface area contributed by atoms with Crippen LogP contribution in [0.1, 0.15) is 37.5 Å². The van der Waals surface area contributed by atoms with Crippen LogP contribution in [0.3, 0.4) is 0 Å². The summed E-state index contributed by atoms with van der Waals surface area (Å²) < 4.78 is 9.32. The third kappa shape index (κ3) is 3.49. The standard InChI is InChI=1S/C30H36NOSi/c1-18-14-21-15-20(17-30(3,4)5)16-24-26(21)25(19(18)2)27-28(32-24)29(33(7,8)9)22-12-10-11-13-23(22)31(27)6/h10-16H,17H2,1-9H3/q+1. The topological polar surface area (TPSA) is 13.1 Å². The molecule has 170 valence electrons. The van der Waals surface area contributed by atoms with E-state index >= 15 is 0 Å². The van der Waals surface area contributed by atoms with Gasteiger partial charge in [0.05, 0.1) is 13.6 Å². The van der Waals surface area contributed by atoms with Crippen molar-refractivity contribution in [2.75, 3.05) is 0 Å². The smallest absolute Gasteiger partial charge is 0.256 e. The third-order valence-corrected chi connectivity index (χ3v) is 9.02. The van der Waals surface area contributed by atoms with Crippen LogP contribution in [0.4, 0.5) is 0 Å². The van der Waals surface area contributed by atoms with E-state index in [4.69, 9.17) is 4.74 Å². The van der Waals surface area contributed by atoms with Gasteiger partial charge < -0.3 is 4.74 Å². The van der Waals surface area contributed by atoms with Gasteiger partial charge in [0.25, 0.3) is 5.69 Å². The van der Waals surface area contributed by atoms with Gasteiger partial charge >= 0.3 is 0 Å². The van der Waals surface area contributed by atoms with Crippen LogP contribution < -0.4 is 14.5 Å². The summed E-state index contributed by atoms with van der Waals surface area (Å²) in [6, 6.07) is 15.9. The second-order valence-corrected chi connectivity index (χ2v) is 17.1. The maximum absolute atomic E-state index is 6.96. The van der Waals surface area contributed by atoms with E-state index < -0.39 is 8.07 Å². The van der Waals surface area contributed by atoms with Crippen molar-refractivity contribution < 1.29 is 9.30 Å². The Labute approximate surface area is 199 Å². The quantitative estimate of drug-likeness (QED) is 0.201. The van der Waals surface area contributed by atoms with Crippen molar-refractivity contribution in [3.63, 3.8) is 0 Å². The second-order valence-electron chi connectivity index (χ2n) is 12.1. The van der Waals surface area contributed by atoms with Gasteiger partial charge in [-0.05, 0) is 59.9 Å². The van der Waals surface area contributed by atoms with Crippen LogP contribution in [0, 0.1) is 19.3 Å². The normalized spacial score (nSPS) is 13.4. The highest BCUT2D eigenvalue weighted by Gasteiger charge is 2.38. The molecule has 3 heteroatoms. The summed E-state index contributed by atoms with van der Waals surface area (Å²) in [7, 11) is 0.474. The van der Waals surface area contributed by atoms with Gasteiger partial charge in [-0.1, -0.05) is 64.7 Å². The number of nitrogens with zero attached hydrogens (tertiary/aromatic N) is 1. The van der Waals surface area contributed by atoms with Crippen LogP contribution in [0.15, 0.2) is 42.5 Å². The van der Waals surface area contributed by atoms with Crippen LogP contribution >= 0.6 is 0 Å². The van der Waals surface area contributed by atoms with Crippen LogP contribution in [0.2, 0.25) is 19.6 Å². The van der Waals surface area contributed by atoms with E-state index in [0.717, 1.165) is 17.9 Å². The average molecular weight is 455 g/mol. The first-order valence-electron chi connectivity index (χ1n) is 12.1. The highest BCUT2D eigenvalue weighted by atomic mass is 28.3. The monoisotopic (exact) mass is 454 g/mol. The number of fused-ring (bicyclic) bond motifs is 3. The highest BCUT2D eigenvalue weighted by molar-refractivity contribution is 6.91. The van der Waals surface area contributed by atoms with E-state index in [1.165, 1.54) is 54.8 Å². The number of ether oxygens (including phenoxy) is 1. The molecule has 2 nitrogen and oxygen atoms in total. The first-order valence-corrected chi connectivity index (χ1v) is 15.6. The largest absolute Gasteiger partial charge is 0.450 e. The SMILES string of the molecule is Cc1cc2cc(CC(C)(C)C)cc3c2c(c1C)-c1c(c([Si](C)(C)C)c2ccccc2[n+]1C)O3. The Kier molecular flexibility index (Phi) is 4.81. The summed E-state index contributed by atoms with van der Waals surface area (Å²) in [6.07, 6.45) is 1.03. The number of rotatable bonds is 2. The Morgan fingerprint density at radius 2 is 1.67 bits per heavy atom. The van der Waals surface area contributed by atoms with E-state index in [0.29, 0.717) is 0 Å². The number of hydrogen-bond acceptors (Lipinski definition) is 1. The van der Waals surface area contributed by atoms with Gasteiger partial charge in [0.2, 0.25) is 5.52 Å². The van der Waals surface area contributed by atoms with Crippen molar-refractivity contribution in [2.24, 2.45) is 12.5 Å². The first-order chi connectivity index (χ1) is 15.4. The van der Waals surface area contributed by atoms with Gasteiger partial charge in [-0.3, -0.25) is 0 Å². The fourth-order valence-corrected chi connectivity index (χ4v) is 7.49. The minimum absolute atomic E-state index is 0.224. The van der Waals surface area contributed by atoms with Gasteiger partial charge in [-0.2, -0.15) is 4.57 Å². The molecule has 0 saturated carbocycles. The zero-order valence-electron chi connectivity index (χ0n) is 21.6. The summed E-state index contributed by atoms with van der Waals surface area (Å²) in [4.78, 5) is 0. The molecule has 5 rings (SSSR count). The van der Waals surface area contributed by atoms with E-state index in [9.17, 15) is 0 Å². The van der Waals surface area contributed by atoms with E-state index in [-0.39, 0.29) is 5.41 Å². The van der Waals surface area contributed by atoms with Crippen LogP contribution in [0.25, 0.3) is 32.9 Å². The van der Waals surface area contributed by atoms with Crippen molar-refractivity contribution in [3.05, 3.63) is 59.2 Å². The Morgan fingerprint density at radius 3 is 2.33 bits per heavy atom. The molecule has 0 radical (unpaired) electrons. The molecule has 2 heterocycles. The lowest BCUT2D eigenvalue weighted by Gasteiger charge is -2.29. The summed E-state index contributed by atoms with van der Waals surface area (Å²) in [6.45, 7) is 18.7. The summed E-state index contributed by atoms with van der Waals surface area (Å²) in [5.74, 6) is 2.10. The molecule has 1 aliphatic rings. The summed E-state index contributed by atoms with van der Waals surface area (Å²) in [5, 5.41) is 5.30. The molecule has 0 amide bonds. The molecule has 0 bridgehead atoms. The molecular formula is C30H36NOSi+.